The van der Waals surface area contributed by atoms with Gasteiger partial charge >= 0.3 is 0 Å². The maximum atomic E-state index is 12.2. The average molecular weight is 281 g/mol. The number of carbonyl (C=O) groups excluding carboxylic acids is 1. The molecule has 0 spiro atoms. The second-order valence-corrected chi connectivity index (χ2v) is 6.12. The summed E-state index contributed by atoms with van der Waals surface area (Å²) in [6.45, 7) is 4.48. The molecule has 1 amide bonds. The zero-order chi connectivity index (χ0) is 14.0. The van der Waals surface area contributed by atoms with E-state index in [1.807, 2.05) is 0 Å². The highest BCUT2D eigenvalue weighted by Crippen LogP contribution is 2.29. The monoisotopic (exact) mass is 280 g/mol. The lowest BCUT2D eigenvalue weighted by molar-refractivity contribution is 0.0899. The lowest BCUT2D eigenvalue weighted by Crippen LogP contribution is -2.42. The van der Waals surface area contributed by atoms with Gasteiger partial charge < -0.3 is 11.1 Å². The summed E-state index contributed by atoms with van der Waals surface area (Å²) in [7, 11) is 0. The summed E-state index contributed by atoms with van der Waals surface area (Å²) in [6.07, 6.45) is 3.41. The average Bonchev–Trinajstić information content (AvgIpc) is 2.36. The molecule has 0 aliphatic heterocycles. The van der Waals surface area contributed by atoms with Crippen LogP contribution >= 0.6 is 11.6 Å². The van der Waals surface area contributed by atoms with Crippen molar-refractivity contribution in [1.82, 2.24) is 5.32 Å². The predicted octanol–water partition coefficient (Wildman–Crippen LogP) is 3.48. The predicted molar refractivity (Wildman–Crippen MR) is 79.3 cm³/mol. The van der Waals surface area contributed by atoms with E-state index in [4.69, 9.17) is 17.3 Å². The van der Waals surface area contributed by atoms with Crippen LogP contribution in [0.2, 0.25) is 5.02 Å². The molecule has 3 unspecified atom stereocenters. The molecule has 1 fully saturated rings. The van der Waals surface area contributed by atoms with E-state index in [1.165, 1.54) is 12.8 Å². The number of nitrogens with two attached hydrogens (primary N) is 1. The number of amides is 1. The number of nitrogen functional groups attached to an aromatic ring is 1. The van der Waals surface area contributed by atoms with E-state index < -0.39 is 0 Å². The third kappa shape index (κ3) is 3.41. The van der Waals surface area contributed by atoms with Crippen LogP contribution in [0.5, 0.6) is 0 Å². The Morgan fingerprint density at radius 1 is 1.37 bits per heavy atom. The molecule has 1 aromatic carbocycles. The van der Waals surface area contributed by atoms with Gasteiger partial charge in [0.15, 0.2) is 0 Å². The maximum Gasteiger partial charge on any atom is 0.251 e. The Morgan fingerprint density at radius 3 is 2.74 bits per heavy atom. The maximum absolute atomic E-state index is 12.2. The Balaban J connectivity index is 2.02. The summed E-state index contributed by atoms with van der Waals surface area (Å²) in [6, 6.07) is 5.27. The van der Waals surface area contributed by atoms with E-state index in [1.54, 1.807) is 18.2 Å². The fourth-order valence-corrected chi connectivity index (χ4v) is 2.93. The first-order valence-corrected chi connectivity index (χ1v) is 7.21. The number of rotatable bonds is 2. The first kappa shape index (κ1) is 14.2. The fourth-order valence-electron chi connectivity index (χ4n) is 2.82. The summed E-state index contributed by atoms with van der Waals surface area (Å²) in [5, 5.41) is 3.60. The van der Waals surface area contributed by atoms with Crippen LogP contribution in [0.3, 0.4) is 0 Å². The van der Waals surface area contributed by atoms with Gasteiger partial charge in [0.1, 0.15) is 0 Å². The lowest BCUT2D eigenvalue weighted by Gasteiger charge is -2.33. The summed E-state index contributed by atoms with van der Waals surface area (Å²) < 4.78 is 0. The lowest BCUT2D eigenvalue weighted by atomic mass is 9.80. The minimum absolute atomic E-state index is 0.0604. The smallest absolute Gasteiger partial charge is 0.251 e. The number of halogens is 1. The Labute approximate surface area is 119 Å². The van der Waals surface area contributed by atoms with Crippen molar-refractivity contribution in [3.63, 3.8) is 0 Å². The summed E-state index contributed by atoms with van der Waals surface area (Å²) in [5.41, 5.74) is 6.75. The highest BCUT2D eigenvalue weighted by atomic mass is 35.5. The third-order valence-corrected chi connectivity index (χ3v) is 4.35. The second-order valence-electron chi connectivity index (χ2n) is 5.71. The summed E-state index contributed by atoms with van der Waals surface area (Å²) in [5.74, 6) is 1.22. The van der Waals surface area contributed by atoms with Gasteiger partial charge in [0.25, 0.3) is 5.91 Å². The quantitative estimate of drug-likeness (QED) is 0.815. The van der Waals surface area contributed by atoms with E-state index in [-0.39, 0.29) is 11.9 Å². The molecule has 0 saturated heterocycles. The van der Waals surface area contributed by atoms with Crippen LogP contribution in [-0.4, -0.2) is 11.9 Å². The zero-order valence-corrected chi connectivity index (χ0v) is 12.2. The van der Waals surface area contributed by atoms with Gasteiger partial charge in [-0.1, -0.05) is 25.4 Å². The van der Waals surface area contributed by atoms with Crippen molar-refractivity contribution in [2.24, 2.45) is 11.8 Å². The molecule has 1 aliphatic rings. The van der Waals surface area contributed by atoms with Crippen LogP contribution in [0, 0.1) is 11.8 Å². The molecule has 0 radical (unpaired) electrons. The molecule has 104 valence electrons. The minimum atomic E-state index is -0.0604. The first-order chi connectivity index (χ1) is 8.97. The van der Waals surface area contributed by atoms with Gasteiger partial charge in [0.2, 0.25) is 0 Å². The third-order valence-electron chi connectivity index (χ3n) is 4.01. The van der Waals surface area contributed by atoms with Crippen molar-refractivity contribution in [1.29, 1.82) is 0 Å². The molecule has 0 bridgehead atoms. The number of carbonyl (C=O) groups is 1. The second kappa shape index (κ2) is 5.83. The van der Waals surface area contributed by atoms with Gasteiger partial charge in [-0.3, -0.25) is 4.79 Å². The molecule has 3 N–H and O–H groups in total. The summed E-state index contributed by atoms with van der Waals surface area (Å²) in [4.78, 5) is 12.2. The highest BCUT2D eigenvalue weighted by Gasteiger charge is 2.26. The topological polar surface area (TPSA) is 55.1 Å². The van der Waals surface area contributed by atoms with Gasteiger partial charge in [-0.2, -0.15) is 0 Å². The SMILES string of the molecule is CC1CCC(NC(=O)c2ccc(Cl)c(N)c2)C(C)C1. The van der Waals surface area contributed by atoms with Crippen LogP contribution in [-0.2, 0) is 0 Å². The Morgan fingerprint density at radius 2 is 2.11 bits per heavy atom. The van der Waals surface area contributed by atoms with Crippen LogP contribution < -0.4 is 11.1 Å². The van der Waals surface area contributed by atoms with E-state index >= 15 is 0 Å². The van der Waals surface area contributed by atoms with Gasteiger partial charge in [-0.25, -0.2) is 0 Å². The van der Waals surface area contributed by atoms with Gasteiger partial charge in [-0.15, -0.1) is 0 Å². The Bertz CT molecular complexity index is 475. The van der Waals surface area contributed by atoms with Crippen LogP contribution in [0.4, 0.5) is 5.69 Å². The van der Waals surface area contributed by atoms with Crippen molar-refractivity contribution in [2.45, 2.75) is 39.2 Å². The zero-order valence-electron chi connectivity index (χ0n) is 11.4. The van der Waals surface area contributed by atoms with Crippen LogP contribution in [0.1, 0.15) is 43.5 Å². The van der Waals surface area contributed by atoms with Crippen LogP contribution in [0.15, 0.2) is 18.2 Å². The number of nitrogens with one attached hydrogen (secondary N) is 1. The van der Waals surface area contributed by atoms with Crippen molar-refractivity contribution < 1.29 is 4.79 Å². The molecule has 0 aromatic heterocycles. The van der Waals surface area contributed by atoms with E-state index in [2.05, 4.69) is 19.2 Å². The number of anilines is 1. The molecule has 3 nitrogen and oxygen atoms in total. The first-order valence-electron chi connectivity index (χ1n) is 6.83. The Kier molecular flexibility index (Phi) is 4.35. The van der Waals surface area contributed by atoms with Crippen molar-refractivity contribution in [3.05, 3.63) is 28.8 Å². The van der Waals surface area contributed by atoms with E-state index in [0.717, 1.165) is 12.3 Å². The van der Waals surface area contributed by atoms with Crippen molar-refractivity contribution in [2.75, 3.05) is 5.73 Å². The van der Waals surface area contributed by atoms with Crippen LogP contribution in [0.25, 0.3) is 0 Å². The van der Waals surface area contributed by atoms with Gasteiger partial charge in [0.05, 0.1) is 10.7 Å². The largest absolute Gasteiger partial charge is 0.398 e. The number of benzene rings is 1. The Hall–Kier alpha value is -1.22. The molecule has 4 heteroatoms. The molecular weight excluding hydrogens is 260 g/mol. The van der Waals surface area contributed by atoms with Crippen molar-refractivity contribution in [3.8, 4) is 0 Å². The van der Waals surface area contributed by atoms with Gasteiger partial charge in [0, 0.05) is 11.6 Å². The molecule has 19 heavy (non-hydrogen) atoms. The normalized spacial score (nSPS) is 27.0. The van der Waals surface area contributed by atoms with Crippen molar-refractivity contribution >= 4 is 23.2 Å². The molecule has 0 heterocycles. The molecule has 1 aromatic rings. The molecule has 2 rings (SSSR count). The van der Waals surface area contributed by atoms with E-state index in [9.17, 15) is 4.79 Å². The van der Waals surface area contributed by atoms with E-state index in [0.29, 0.717) is 22.2 Å². The standard InChI is InChI=1S/C15H21ClN2O/c1-9-3-6-14(10(2)7-9)18-15(19)11-4-5-12(16)13(17)8-11/h4-5,8-10,14H,3,6-7,17H2,1-2H3,(H,18,19). The molecule has 1 saturated carbocycles. The molecule has 3 atom stereocenters. The van der Waals surface area contributed by atoms with Gasteiger partial charge in [-0.05, 0) is 49.3 Å². The minimum Gasteiger partial charge on any atom is -0.398 e. The highest BCUT2D eigenvalue weighted by molar-refractivity contribution is 6.33. The molecular formula is C15H21ClN2O. The number of hydrogen-bond acceptors (Lipinski definition) is 2. The molecule has 1 aliphatic carbocycles. The number of hydrogen-bond donors (Lipinski definition) is 2. The summed E-state index contributed by atoms with van der Waals surface area (Å²) >= 11 is 5.86. The fraction of sp³-hybridized carbons (Fsp3) is 0.533.